The average Bonchev–Trinajstić information content (AvgIpc) is 2.70. The summed E-state index contributed by atoms with van der Waals surface area (Å²) >= 11 is 6.13. The summed E-state index contributed by atoms with van der Waals surface area (Å²) < 4.78 is 11.7. The number of rotatable bonds is 5. The summed E-state index contributed by atoms with van der Waals surface area (Å²) in [6.07, 6.45) is 0.795. The molecule has 1 aromatic rings. The number of carbonyl (C=O) groups excluding carboxylic acids is 2. The molecule has 4 atom stereocenters. The Morgan fingerprint density at radius 3 is 2.83 bits per heavy atom. The number of hydrogen-bond acceptors (Lipinski definition) is 5. The normalized spacial score (nSPS) is 27.5. The van der Waals surface area contributed by atoms with E-state index >= 15 is 0 Å². The number of aliphatic hydroxyl groups excluding tert-OH is 1. The molecule has 7 nitrogen and oxygen atoms in total. The molecule has 0 unspecified atom stereocenters. The second kappa shape index (κ2) is 10.4. The summed E-state index contributed by atoms with van der Waals surface area (Å²) in [6.45, 7) is 2.90. The Hall–Kier alpha value is -1.67. The molecule has 3 rings (SSSR count). The smallest absolute Gasteiger partial charge is 0.222 e. The second-order valence-electron chi connectivity index (χ2n) is 7.60. The van der Waals surface area contributed by atoms with Crippen molar-refractivity contribution >= 4 is 23.4 Å². The summed E-state index contributed by atoms with van der Waals surface area (Å²) in [7, 11) is 0. The van der Waals surface area contributed by atoms with Crippen LogP contribution < -0.4 is 5.32 Å². The van der Waals surface area contributed by atoms with Gasteiger partial charge in [0.15, 0.2) is 0 Å². The Balaban J connectivity index is 1.55. The molecule has 2 saturated heterocycles. The van der Waals surface area contributed by atoms with Gasteiger partial charge in [0.1, 0.15) is 6.10 Å². The van der Waals surface area contributed by atoms with Crippen LogP contribution >= 0.6 is 11.6 Å². The van der Waals surface area contributed by atoms with E-state index in [0.717, 1.165) is 12.0 Å². The minimum absolute atomic E-state index is 0.000447. The van der Waals surface area contributed by atoms with E-state index in [1.807, 2.05) is 25.1 Å². The number of ether oxygens (including phenoxy) is 2. The lowest BCUT2D eigenvalue weighted by Crippen LogP contribution is -2.57. The number of amides is 2. The maximum Gasteiger partial charge on any atom is 0.222 e. The quantitative estimate of drug-likeness (QED) is 0.753. The Kier molecular flexibility index (Phi) is 7.89. The molecule has 8 heteroatoms. The Labute approximate surface area is 176 Å². The van der Waals surface area contributed by atoms with Crippen molar-refractivity contribution < 1.29 is 24.2 Å². The molecule has 0 saturated carbocycles. The van der Waals surface area contributed by atoms with Crippen LogP contribution in [-0.4, -0.2) is 65.9 Å². The second-order valence-corrected chi connectivity index (χ2v) is 8.01. The molecule has 0 spiro atoms. The van der Waals surface area contributed by atoms with Gasteiger partial charge in [-0.25, -0.2) is 0 Å². The van der Waals surface area contributed by atoms with Gasteiger partial charge in [-0.05, 0) is 24.5 Å². The van der Waals surface area contributed by atoms with Gasteiger partial charge >= 0.3 is 0 Å². The topological polar surface area (TPSA) is 88.1 Å². The van der Waals surface area contributed by atoms with Crippen LogP contribution in [0.25, 0.3) is 0 Å². The van der Waals surface area contributed by atoms with Crippen molar-refractivity contribution in [1.29, 1.82) is 0 Å². The van der Waals surface area contributed by atoms with Crippen LogP contribution in [0, 0.1) is 0 Å². The largest absolute Gasteiger partial charge is 0.389 e. The predicted octanol–water partition coefficient (Wildman–Crippen LogP) is 1.89. The van der Waals surface area contributed by atoms with E-state index in [-0.39, 0.29) is 49.6 Å². The lowest BCUT2D eigenvalue weighted by atomic mass is 9.94. The number of β-amino-alcohol motifs (C(OH)–C–C–N with tert-alkyl or cyclic N) is 1. The van der Waals surface area contributed by atoms with Crippen molar-refractivity contribution in [3.63, 3.8) is 0 Å². The SMILES string of the molecule is CCC(=O)N1C[C@H](O)COC[C@H]2O[C@H](CC(=O)NCc3ccccc3Cl)CC[C@@H]21. The van der Waals surface area contributed by atoms with E-state index < -0.39 is 6.10 Å². The molecule has 2 aliphatic heterocycles. The van der Waals surface area contributed by atoms with Gasteiger partial charge in [0.2, 0.25) is 11.8 Å². The number of hydrogen-bond donors (Lipinski definition) is 2. The maximum absolute atomic E-state index is 12.4. The molecule has 2 fully saturated rings. The van der Waals surface area contributed by atoms with Gasteiger partial charge in [0.25, 0.3) is 0 Å². The fraction of sp³-hybridized carbons (Fsp3) is 0.619. The number of nitrogens with zero attached hydrogens (tertiary/aromatic N) is 1. The van der Waals surface area contributed by atoms with Crippen molar-refractivity contribution in [2.24, 2.45) is 0 Å². The van der Waals surface area contributed by atoms with E-state index in [1.54, 1.807) is 11.0 Å². The average molecular weight is 425 g/mol. The third-order valence-corrected chi connectivity index (χ3v) is 5.82. The number of halogens is 1. The van der Waals surface area contributed by atoms with Gasteiger partial charge in [0.05, 0.1) is 37.9 Å². The van der Waals surface area contributed by atoms with Crippen LogP contribution in [0.2, 0.25) is 5.02 Å². The highest BCUT2D eigenvalue weighted by Crippen LogP contribution is 2.28. The zero-order valence-electron chi connectivity index (χ0n) is 16.7. The minimum Gasteiger partial charge on any atom is -0.389 e. The number of benzene rings is 1. The van der Waals surface area contributed by atoms with Gasteiger partial charge in [-0.1, -0.05) is 36.7 Å². The first kappa shape index (κ1) is 22.0. The van der Waals surface area contributed by atoms with Crippen LogP contribution in [0.3, 0.4) is 0 Å². The molecule has 0 bridgehead atoms. The zero-order chi connectivity index (χ0) is 20.8. The van der Waals surface area contributed by atoms with Crippen molar-refractivity contribution in [3.05, 3.63) is 34.9 Å². The highest BCUT2D eigenvalue weighted by Gasteiger charge is 2.39. The molecular formula is C21H29ClN2O5. The number of aliphatic hydroxyl groups is 1. The monoisotopic (exact) mass is 424 g/mol. The van der Waals surface area contributed by atoms with Crippen LogP contribution in [0.5, 0.6) is 0 Å². The van der Waals surface area contributed by atoms with Gasteiger partial charge in [-0.2, -0.15) is 0 Å². The van der Waals surface area contributed by atoms with Crippen LogP contribution in [0.1, 0.15) is 38.2 Å². The standard InChI is InChI=1S/C21H29ClN2O5/c1-2-21(27)24-11-15(25)12-28-13-19-18(24)8-7-16(29-19)9-20(26)23-10-14-5-3-4-6-17(14)22/h3-6,15-16,18-19,25H,2,7-13H2,1H3,(H,23,26)/t15-,16-,18-,19+/m0/s1. The third-order valence-electron chi connectivity index (χ3n) is 5.45. The molecule has 2 aliphatic rings. The Morgan fingerprint density at radius 2 is 2.07 bits per heavy atom. The summed E-state index contributed by atoms with van der Waals surface area (Å²) in [5, 5.41) is 13.6. The van der Waals surface area contributed by atoms with Gasteiger partial charge in [-0.15, -0.1) is 0 Å². The van der Waals surface area contributed by atoms with Gasteiger partial charge in [-0.3, -0.25) is 9.59 Å². The fourth-order valence-corrected chi connectivity index (χ4v) is 4.15. The van der Waals surface area contributed by atoms with E-state index in [1.165, 1.54) is 0 Å². The van der Waals surface area contributed by atoms with E-state index in [2.05, 4.69) is 5.32 Å². The molecular weight excluding hydrogens is 396 g/mol. The molecule has 29 heavy (non-hydrogen) atoms. The molecule has 0 aliphatic carbocycles. The van der Waals surface area contributed by atoms with E-state index in [9.17, 15) is 14.7 Å². The first-order valence-corrected chi connectivity index (χ1v) is 10.6. The molecule has 1 aromatic carbocycles. The molecule has 2 N–H and O–H groups in total. The molecule has 160 valence electrons. The van der Waals surface area contributed by atoms with Gasteiger partial charge in [0, 0.05) is 24.5 Å². The summed E-state index contributed by atoms with van der Waals surface area (Å²) in [4.78, 5) is 26.5. The first-order valence-electron chi connectivity index (χ1n) is 10.2. The first-order chi connectivity index (χ1) is 14.0. The van der Waals surface area contributed by atoms with Crippen LogP contribution in [-0.2, 0) is 25.6 Å². The lowest BCUT2D eigenvalue weighted by Gasteiger charge is -2.44. The van der Waals surface area contributed by atoms with Crippen LogP contribution in [0.15, 0.2) is 24.3 Å². The Morgan fingerprint density at radius 1 is 1.28 bits per heavy atom. The summed E-state index contributed by atoms with van der Waals surface area (Å²) in [5.41, 5.74) is 0.868. The number of fused-ring (bicyclic) bond motifs is 1. The molecule has 0 aromatic heterocycles. The summed E-state index contributed by atoms with van der Waals surface area (Å²) in [6, 6.07) is 7.27. The van der Waals surface area contributed by atoms with E-state index in [4.69, 9.17) is 21.1 Å². The summed E-state index contributed by atoms with van der Waals surface area (Å²) in [5.74, 6) is -0.0995. The highest BCUT2D eigenvalue weighted by molar-refractivity contribution is 6.31. The van der Waals surface area contributed by atoms with Crippen molar-refractivity contribution in [2.45, 2.75) is 63.5 Å². The van der Waals surface area contributed by atoms with Crippen LogP contribution in [0.4, 0.5) is 0 Å². The third kappa shape index (κ3) is 5.92. The molecule has 2 heterocycles. The van der Waals surface area contributed by atoms with E-state index in [0.29, 0.717) is 31.0 Å². The predicted molar refractivity (Wildman–Crippen MR) is 108 cm³/mol. The maximum atomic E-state index is 12.4. The number of carbonyl (C=O) groups is 2. The Bertz CT molecular complexity index is 716. The van der Waals surface area contributed by atoms with Crippen molar-refractivity contribution in [1.82, 2.24) is 10.2 Å². The zero-order valence-corrected chi connectivity index (χ0v) is 17.4. The highest BCUT2D eigenvalue weighted by atomic mass is 35.5. The molecule has 2 amide bonds. The van der Waals surface area contributed by atoms with Gasteiger partial charge < -0.3 is 24.8 Å². The number of nitrogens with one attached hydrogen (secondary N) is 1. The van der Waals surface area contributed by atoms with Crippen molar-refractivity contribution in [2.75, 3.05) is 19.8 Å². The minimum atomic E-state index is -0.695. The lowest BCUT2D eigenvalue weighted by molar-refractivity contribution is -0.169. The fourth-order valence-electron chi connectivity index (χ4n) is 3.95. The molecule has 0 radical (unpaired) electrons. The van der Waals surface area contributed by atoms with Crippen molar-refractivity contribution in [3.8, 4) is 0 Å².